The van der Waals surface area contributed by atoms with E-state index in [2.05, 4.69) is 15.3 Å². The number of anilines is 1. The molecule has 0 spiro atoms. The summed E-state index contributed by atoms with van der Waals surface area (Å²) in [6.45, 7) is 0.177. The molecule has 0 saturated carbocycles. The van der Waals surface area contributed by atoms with Crippen molar-refractivity contribution in [1.82, 2.24) is 14.5 Å². The molecule has 142 valence electrons. The highest BCUT2D eigenvalue weighted by Gasteiger charge is 2.44. The quantitative estimate of drug-likeness (QED) is 0.486. The van der Waals surface area contributed by atoms with Gasteiger partial charge in [0.15, 0.2) is 11.9 Å². The van der Waals surface area contributed by atoms with Crippen LogP contribution < -0.4 is 5.32 Å². The molecule has 0 bridgehead atoms. The summed E-state index contributed by atoms with van der Waals surface area (Å²) >= 11 is 6.18. The Bertz CT molecular complexity index is 936. The molecule has 3 aromatic rings. The van der Waals surface area contributed by atoms with E-state index in [0.717, 1.165) is 5.56 Å². The largest absolute Gasteiger partial charge is 0.394 e. The number of nitrogens with one attached hydrogen (secondary N) is 1. The third-order valence-corrected chi connectivity index (χ3v) is 4.81. The number of hydrogen-bond acceptors (Lipinski definition) is 7. The molecule has 0 radical (unpaired) electrons. The molecule has 0 aliphatic carbocycles. The molecule has 2 unspecified atom stereocenters. The van der Waals surface area contributed by atoms with Crippen LogP contribution in [0.3, 0.4) is 0 Å². The first kappa shape index (κ1) is 18.1. The molecule has 9 heteroatoms. The number of nitrogens with zero attached hydrogens (tertiary/aromatic N) is 3. The van der Waals surface area contributed by atoms with Crippen LogP contribution in [0.25, 0.3) is 11.2 Å². The van der Waals surface area contributed by atoms with Crippen molar-refractivity contribution < 1.29 is 20.1 Å². The predicted molar refractivity (Wildman–Crippen MR) is 99.3 cm³/mol. The molecule has 0 amide bonds. The van der Waals surface area contributed by atoms with Gasteiger partial charge in [0.2, 0.25) is 0 Å². The fourth-order valence-corrected chi connectivity index (χ4v) is 3.39. The number of hydrogen-bond donors (Lipinski definition) is 4. The van der Waals surface area contributed by atoms with Crippen molar-refractivity contribution in [2.75, 3.05) is 11.9 Å². The van der Waals surface area contributed by atoms with E-state index in [1.54, 1.807) is 6.07 Å². The Balaban J connectivity index is 1.66. The Kier molecular flexibility index (Phi) is 4.98. The van der Waals surface area contributed by atoms with Gasteiger partial charge in [-0.3, -0.25) is 4.57 Å². The number of imidazole rings is 1. The number of halogens is 1. The average Bonchev–Trinajstić information content (AvgIpc) is 3.22. The Morgan fingerprint density at radius 1 is 1.19 bits per heavy atom. The number of pyridine rings is 1. The highest BCUT2D eigenvalue weighted by molar-refractivity contribution is 6.30. The Labute approximate surface area is 160 Å². The summed E-state index contributed by atoms with van der Waals surface area (Å²) in [6, 6.07) is 11.6. The van der Waals surface area contributed by atoms with Crippen molar-refractivity contribution in [3.05, 3.63) is 53.4 Å². The molecule has 4 atom stereocenters. The van der Waals surface area contributed by atoms with Crippen molar-refractivity contribution in [3.63, 3.8) is 0 Å². The van der Waals surface area contributed by atoms with Crippen LogP contribution in [0.1, 0.15) is 11.8 Å². The van der Waals surface area contributed by atoms with Gasteiger partial charge in [0, 0.05) is 12.6 Å². The highest BCUT2D eigenvalue weighted by atomic mass is 35.5. The maximum Gasteiger partial charge on any atom is 0.165 e. The van der Waals surface area contributed by atoms with E-state index >= 15 is 0 Å². The lowest BCUT2D eigenvalue weighted by Gasteiger charge is -2.17. The minimum absolute atomic E-state index is 0.256. The second-order valence-electron chi connectivity index (χ2n) is 6.38. The molecule has 1 aliphatic heterocycles. The van der Waals surface area contributed by atoms with Crippen LogP contribution in [0.2, 0.25) is 5.15 Å². The van der Waals surface area contributed by atoms with Gasteiger partial charge in [-0.2, -0.15) is 0 Å². The molecule has 1 aliphatic rings. The van der Waals surface area contributed by atoms with Crippen LogP contribution in [0.4, 0.5) is 5.69 Å². The molecular formula is C18H19ClN4O4. The van der Waals surface area contributed by atoms with E-state index in [4.69, 9.17) is 16.3 Å². The first-order valence-electron chi connectivity index (χ1n) is 8.52. The van der Waals surface area contributed by atoms with Gasteiger partial charge >= 0.3 is 0 Å². The van der Waals surface area contributed by atoms with E-state index in [9.17, 15) is 15.3 Å². The molecular weight excluding hydrogens is 372 g/mol. The average molecular weight is 391 g/mol. The number of aliphatic hydroxyl groups is 3. The molecule has 27 heavy (non-hydrogen) atoms. The van der Waals surface area contributed by atoms with Crippen molar-refractivity contribution in [2.45, 2.75) is 31.1 Å². The van der Waals surface area contributed by atoms with Crippen LogP contribution in [0.5, 0.6) is 0 Å². The topological polar surface area (TPSA) is 113 Å². The zero-order valence-corrected chi connectivity index (χ0v) is 15.0. The van der Waals surface area contributed by atoms with Crippen molar-refractivity contribution in [2.24, 2.45) is 0 Å². The summed E-state index contributed by atoms with van der Waals surface area (Å²) in [5.41, 5.74) is 2.77. The van der Waals surface area contributed by atoms with Gasteiger partial charge in [0.1, 0.15) is 29.0 Å². The van der Waals surface area contributed by atoms with E-state index < -0.39 is 31.1 Å². The third kappa shape index (κ3) is 3.38. The van der Waals surface area contributed by atoms with Crippen LogP contribution in [-0.4, -0.2) is 54.8 Å². The number of benzene rings is 1. The Morgan fingerprint density at radius 3 is 2.67 bits per heavy atom. The summed E-state index contributed by atoms with van der Waals surface area (Å²) in [5.74, 6) is 0. The highest BCUT2D eigenvalue weighted by Crippen LogP contribution is 2.33. The normalized spacial score (nSPS) is 25.2. The summed E-state index contributed by atoms with van der Waals surface area (Å²) in [4.78, 5) is 8.67. The molecule has 4 N–H and O–H groups in total. The number of aromatic nitrogens is 3. The van der Waals surface area contributed by atoms with Gasteiger partial charge in [-0.25, -0.2) is 9.97 Å². The number of aliphatic hydroxyl groups excluding tert-OH is 3. The monoisotopic (exact) mass is 390 g/mol. The van der Waals surface area contributed by atoms with Crippen LogP contribution in [-0.2, 0) is 11.3 Å². The molecule has 2 aromatic heterocycles. The smallest absolute Gasteiger partial charge is 0.165 e. The number of fused-ring (bicyclic) bond motifs is 1. The lowest BCUT2D eigenvalue weighted by atomic mass is 10.1. The Hall–Kier alpha value is -2.23. The molecule has 3 heterocycles. The molecule has 1 fully saturated rings. The van der Waals surface area contributed by atoms with Crippen LogP contribution in [0.15, 0.2) is 42.7 Å². The maximum absolute atomic E-state index is 10.3. The van der Waals surface area contributed by atoms with Gasteiger partial charge in [0.05, 0.1) is 18.6 Å². The second kappa shape index (κ2) is 7.41. The van der Waals surface area contributed by atoms with Crippen molar-refractivity contribution >= 4 is 28.5 Å². The minimum Gasteiger partial charge on any atom is -0.394 e. The predicted octanol–water partition coefficient (Wildman–Crippen LogP) is 1.31. The van der Waals surface area contributed by atoms with Crippen molar-refractivity contribution in [3.8, 4) is 0 Å². The van der Waals surface area contributed by atoms with E-state index in [0.29, 0.717) is 23.4 Å². The van der Waals surface area contributed by atoms with Gasteiger partial charge in [-0.05, 0) is 5.56 Å². The summed E-state index contributed by atoms with van der Waals surface area (Å²) in [7, 11) is 0. The lowest BCUT2D eigenvalue weighted by molar-refractivity contribution is -0.0511. The third-order valence-electron chi connectivity index (χ3n) is 4.62. The van der Waals surface area contributed by atoms with E-state index in [-0.39, 0.29) is 5.15 Å². The summed E-state index contributed by atoms with van der Waals surface area (Å²) < 4.78 is 7.08. The standard InChI is InChI=1S/C18H19ClN4O4/c19-13-6-11(20-7-10-4-2-1-3-5-10)14-17(22-13)23(9-21-14)18-16(26)15(25)12(8-24)27-18/h1-6,9,12,15-16,18,24-26H,7-8H2,(H,20,22)/t12-,15-,16?,18?/m1/s1. The summed E-state index contributed by atoms with van der Waals surface area (Å²) in [5, 5.41) is 33.1. The van der Waals surface area contributed by atoms with E-state index in [1.165, 1.54) is 10.9 Å². The van der Waals surface area contributed by atoms with Gasteiger partial charge in [0.25, 0.3) is 0 Å². The molecule has 4 rings (SSSR count). The molecule has 1 aromatic carbocycles. The second-order valence-corrected chi connectivity index (χ2v) is 6.77. The first-order chi connectivity index (χ1) is 13.1. The lowest BCUT2D eigenvalue weighted by Crippen LogP contribution is -2.33. The van der Waals surface area contributed by atoms with Gasteiger partial charge < -0.3 is 25.4 Å². The first-order valence-corrected chi connectivity index (χ1v) is 8.89. The maximum atomic E-state index is 10.3. The van der Waals surface area contributed by atoms with Crippen molar-refractivity contribution in [1.29, 1.82) is 0 Å². The van der Waals surface area contributed by atoms with Gasteiger partial charge in [-0.1, -0.05) is 41.9 Å². The fraction of sp³-hybridized carbons (Fsp3) is 0.333. The Morgan fingerprint density at radius 2 is 1.96 bits per heavy atom. The van der Waals surface area contributed by atoms with Crippen LogP contribution in [0, 0.1) is 0 Å². The van der Waals surface area contributed by atoms with E-state index in [1.807, 2.05) is 30.3 Å². The zero-order valence-electron chi connectivity index (χ0n) is 14.2. The number of rotatable bonds is 5. The fourth-order valence-electron chi connectivity index (χ4n) is 3.20. The molecule has 1 saturated heterocycles. The van der Waals surface area contributed by atoms with Crippen LogP contribution >= 0.6 is 11.6 Å². The molecule has 8 nitrogen and oxygen atoms in total. The van der Waals surface area contributed by atoms with Gasteiger partial charge in [-0.15, -0.1) is 0 Å². The number of ether oxygens (including phenoxy) is 1. The zero-order chi connectivity index (χ0) is 19.0. The SMILES string of the molecule is OC[C@H]1OC(n2cnc3c(NCc4ccccc4)cc(Cl)nc32)C(O)[C@@H]1O. The summed E-state index contributed by atoms with van der Waals surface area (Å²) in [6.07, 6.45) is -2.75. The minimum atomic E-state index is -1.22.